The van der Waals surface area contributed by atoms with Crippen LogP contribution in [0.1, 0.15) is 87.2 Å². The van der Waals surface area contributed by atoms with Gasteiger partial charge in [0, 0.05) is 0 Å². The van der Waals surface area contributed by atoms with E-state index in [1.807, 2.05) is 0 Å². The molecule has 0 radical (unpaired) electrons. The predicted octanol–water partition coefficient (Wildman–Crippen LogP) is 4.69. The fraction of sp³-hybridized carbons (Fsp3) is 0.647. The molecule has 0 aliphatic heterocycles. The summed E-state index contributed by atoms with van der Waals surface area (Å²) in [7, 11) is 0. The zero-order valence-electron chi connectivity index (χ0n) is 12.2. The molecule has 0 spiro atoms. The van der Waals surface area contributed by atoms with E-state index in [0.29, 0.717) is 11.8 Å². The van der Waals surface area contributed by atoms with Gasteiger partial charge in [-0.1, -0.05) is 46.2 Å². The Hall–Kier alpha value is -0.820. The molecule has 1 aromatic carbocycles. The van der Waals surface area contributed by atoms with Crippen LogP contribution in [0.15, 0.2) is 12.1 Å². The van der Waals surface area contributed by atoms with E-state index in [0.717, 1.165) is 19.3 Å². The van der Waals surface area contributed by atoms with Crippen LogP contribution < -0.4 is 0 Å². The van der Waals surface area contributed by atoms with Crippen LogP contribution in [0.5, 0.6) is 0 Å². The molecule has 0 heterocycles. The van der Waals surface area contributed by atoms with Gasteiger partial charge in [0.05, 0.1) is 6.10 Å². The topological polar surface area (TPSA) is 20.2 Å². The van der Waals surface area contributed by atoms with Crippen molar-refractivity contribution in [1.29, 1.82) is 0 Å². The van der Waals surface area contributed by atoms with E-state index in [-0.39, 0.29) is 6.10 Å². The second kappa shape index (κ2) is 5.44. The molecule has 1 aliphatic rings. The average Bonchev–Trinajstić information content (AvgIpc) is 2.50. The normalized spacial score (nSPS) is 20.1. The first kappa shape index (κ1) is 13.6. The van der Waals surface area contributed by atoms with Gasteiger partial charge < -0.3 is 5.11 Å². The molecule has 1 unspecified atom stereocenters. The Labute approximate surface area is 111 Å². The van der Waals surface area contributed by atoms with Crippen LogP contribution in [-0.2, 0) is 6.42 Å². The number of benzene rings is 1. The highest BCUT2D eigenvalue weighted by atomic mass is 16.3. The van der Waals surface area contributed by atoms with Crippen molar-refractivity contribution in [3.05, 3.63) is 34.4 Å². The lowest BCUT2D eigenvalue weighted by Crippen LogP contribution is -2.06. The Morgan fingerprint density at radius 3 is 2.39 bits per heavy atom. The van der Waals surface area contributed by atoms with E-state index in [4.69, 9.17) is 0 Å². The van der Waals surface area contributed by atoms with Crippen LogP contribution in [0.25, 0.3) is 0 Å². The molecule has 100 valence electrons. The van der Waals surface area contributed by atoms with Crippen molar-refractivity contribution in [3.8, 4) is 0 Å². The van der Waals surface area contributed by atoms with Crippen LogP contribution in [-0.4, -0.2) is 5.11 Å². The van der Waals surface area contributed by atoms with Gasteiger partial charge in [-0.3, -0.25) is 0 Å². The van der Waals surface area contributed by atoms with Crippen LogP contribution in [0.2, 0.25) is 0 Å². The van der Waals surface area contributed by atoms with Gasteiger partial charge in [0.1, 0.15) is 0 Å². The minimum Gasteiger partial charge on any atom is -0.388 e. The van der Waals surface area contributed by atoms with E-state index in [2.05, 4.69) is 39.8 Å². The fourth-order valence-electron chi connectivity index (χ4n) is 2.97. The smallest absolute Gasteiger partial charge is 0.0792 e. The quantitative estimate of drug-likeness (QED) is 0.750. The lowest BCUT2D eigenvalue weighted by molar-refractivity contribution is 0.166. The fourth-order valence-corrected chi connectivity index (χ4v) is 2.97. The third-order valence-corrected chi connectivity index (χ3v) is 4.14. The minimum atomic E-state index is -0.251. The lowest BCUT2D eigenvalue weighted by atomic mass is 9.85. The molecule has 1 atom stereocenters. The van der Waals surface area contributed by atoms with E-state index in [1.165, 1.54) is 28.7 Å². The molecule has 0 amide bonds. The molecular formula is C17H26O. The Bertz CT molecular complexity index is 418. The summed E-state index contributed by atoms with van der Waals surface area (Å²) in [5, 5.41) is 10.4. The predicted molar refractivity (Wildman–Crippen MR) is 77.1 cm³/mol. The number of aliphatic hydroxyl groups excluding tert-OH is 1. The summed E-state index contributed by atoms with van der Waals surface area (Å²) >= 11 is 0. The second-order valence-corrected chi connectivity index (χ2v) is 6.25. The molecule has 18 heavy (non-hydrogen) atoms. The van der Waals surface area contributed by atoms with Crippen molar-refractivity contribution in [2.75, 3.05) is 0 Å². The standard InChI is InChI=1S/C17H26O/c1-11(2)13-9-15(12(3)4)14-7-5-6-8-17(18)16(14)10-13/h9-12,17-18H,5-8H2,1-4H3. The highest BCUT2D eigenvalue weighted by Crippen LogP contribution is 2.36. The highest BCUT2D eigenvalue weighted by Gasteiger charge is 2.21. The maximum absolute atomic E-state index is 10.4. The average molecular weight is 246 g/mol. The highest BCUT2D eigenvalue weighted by molar-refractivity contribution is 5.43. The minimum absolute atomic E-state index is 0.251. The molecule has 0 aromatic heterocycles. The Morgan fingerprint density at radius 1 is 1.06 bits per heavy atom. The molecular weight excluding hydrogens is 220 g/mol. The number of hydrogen-bond donors (Lipinski definition) is 1. The first-order chi connectivity index (χ1) is 8.50. The third kappa shape index (κ3) is 2.61. The van der Waals surface area contributed by atoms with Crippen molar-refractivity contribution >= 4 is 0 Å². The maximum Gasteiger partial charge on any atom is 0.0792 e. The molecule has 1 N–H and O–H groups in total. The van der Waals surface area contributed by atoms with Crippen LogP contribution in [0.4, 0.5) is 0 Å². The van der Waals surface area contributed by atoms with Gasteiger partial charge in [-0.05, 0) is 53.4 Å². The van der Waals surface area contributed by atoms with Gasteiger partial charge in [0.15, 0.2) is 0 Å². The summed E-state index contributed by atoms with van der Waals surface area (Å²) < 4.78 is 0. The van der Waals surface area contributed by atoms with Crippen molar-refractivity contribution in [3.63, 3.8) is 0 Å². The van der Waals surface area contributed by atoms with Gasteiger partial charge >= 0.3 is 0 Å². The number of aliphatic hydroxyl groups is 1. The van der Waals surface area contributed by atoms with Crippen LogP contribution >= 0.6 is 0 Å². The summed E-state index contributed by atoms with van der Waals surface area (Å²) in [5.74, 6) is 1.08. The summed E-state index contributed by atoms with van der Waals surface area (Å²) in [4.78, 5) is 0. The van der Waals surface area contributed by atoms with Gasteiger partial charge in [-0.2, -0.15) is 0 Å². The van der Waals surface area contributed by atoms with Crippen molar-refractivity contribution in [2.24, 2.45) is 0 Å². The van der Waals surface area contributed by atoms with Gasteiger partial charge in [-0.25, -0.2) is 0 Å². The van der Waals surface area contributed by atoms with Crippen molar-refractivity contribution in [1.82, 2.24) is 0 Å². The van der Waals surface area contributed by atoms with Crippen molar-refractivity contribution in [2.45, 2.75) is 71.3 Å². The largest absolute Gasteiger partial charge is 0.388 e. The lowest BCUT2D eigenvalue weighted by Gasteiger charge is -2.21. The zero-order valence-corrected chi connectivity index (χ0v) is 12.2. The first-order valence-corrected chi connectivity index (χ1v) is 7.35. The van der Waals surface area contributed by atoms with E-state index >= 15 is 0 Å². The maximum atomic E-state index is 10.4. The summed E-state index contributed by atoms with van der Waals surface area (Å²) in [6, 6.07) is 4.62. The molecule has 2 rings (SSSR count). The molecule has 1 aliphatic carbocycles. The number of fused-ring (bicyclic) bond motifs is 1. The summed E-state index contributed by atoms with van der Waals surface area (Å²) in [5.41, 5.74) is 5.47. The van der Waals surface area contributed by atoms with Crippen LogP contribution in [0, 0.1) is 0 Å². The number of hydrogen-bond acceptors (Lipinski definition) is 1. The van der Waals surface area contributed by atoms with Gasteiger partial charge in [0.25, 0.3) is 0 Å². The second-order valence-electron chi connectivity index (χ2n) is 6.25. The van der Waals surface area contributed by atoms with E-state index < -0.39 is 0 Å². The van der Waals surface area contributed by atoms with Gasteiger partial charge in [-0.15, -0.1) is 0 Å². The Morgan fingerprint density at radius 2 is 1.78 bits per heavy atom. The SMILES string of the molecule is CC(C)c1cc(C(C)C)c2c(c1)C(O)CCCC2. The van der Waals surface area contributed by atoms with Crippen molar-refractivity contribution < 1.29 is 5.11 Å². The molecule has 1 heteroatoms. The van der Waals surface area contributed by atoms with E-state index in [9.17, 15) is 5.11 Å². The first-order valence-electron chi connectivity index (χ1n) is 7.35. The summed E-state index contributed by atoms with van der Waals surface area (Å²) in [6.07, 6.45) is 4.17. The molecule has 0 saturated carbocycles. The molecule has 0 saturated heterocycles. The Balaban J connectivity index is 2.58. The molecule has 1 nitrogen and oxygen atoms in total. The monoisotopic (exact) mass is 246 g/mol. The van der Waals surface area contributed by atoms with Gasteiger partial charge in [0.2, 0.25) is 0 Å². The number of rotatable bonds is 2. The molecule has 1 aromatic rings. The summed E-state index contributed by atoms with van der Waals surface area (Å²) in [6.45, 7) is 8.98. The zero-order chi connectivity index (χ0) is 13.3. The van der Waals surface area contributed by atoms with E-state index in [1.54, 1.807) is 0 Å². The molecule has 0 fully saturated rings. The third-order valence-electron chi connectivity index (χ3n) is 4.14. The van der Waals surface area contributed by atoms with Crippen LogP contribution in [0.3, 0.4) is 0 Å². The molecule has 0 bridgehead atoms. The Kier molecular flexibility index (Phi) is 4.11.